The molecule has 0 saturated carbocycles. The third-order valence-electron chi connectivity index (χ3n) is 2.88. The maximum absolute atomic E-state index is 12.2. The van der Waals surface area contributed by atoms with Gasteiger partial charge in [0.1, 0.15) is 6.29 Å². The number of piperidine rings is 1. The van der Waals surface area contributed by atoms with Crippen LogP contribution < -0.4 is 0 Å². The van der Waals surface area contributed by atoms with Crippen molar-refractivity contribution in [3.63, 3.8) is 0 Å². The van der Waals surface area contributed by atoms with Gasteiger partial charge in [-0.25, -0.2) is 0 Å². The second kappa shape index (κ2) is 5.64. The fourth-order valence-electron chi connectivity index (χ4n) is 1.82. The summed E-state index contributed by atoms with van der Waals surface area (Å²) in [5.74, 6) is 0. The molecule has 0 radical (unpaired) electrons. The van der Waals surface area contributed by atoms with Gasteiger partial charge in [-0.15, -0.1) is 4.31 Å². The molecule has 1 N–H and O–H groups in total. The lowest BCUT2D eigenvalue weighted by atomic mass is 10.1. The first kappa shape index (κ1) is 12.6. The van der Waals surface area contributed by atoms with Gasteiger partial charge in [-0.3, -0.25) is 4.79 Å². The van der Waals surface area contributed by atoms with E-state index in [9.17, 15) is 14.5 Å². The quantitative estimate of drug-likeness (QED) is 0.644. The van der Waals surface area contributed by atoms with E-state index in [4.69, 9.17) is 0 Å². The molecule has 1 aromatic rings. The number of aldehydes is 1. The highest BCUT2D eigenvalue weighted by molar-refractivity contribution is 7.89. The van der Waals surface area contributed by atoms with E-state index in [-0.39, 0.29) is 6.10 Å². The molecule has 1 unspecified atom stereocenters. The monoisotopic (exact) mass is 253 g/mol. The Balaban J connectivity index is 2.03. The zero-order valence-electron chi connectivity index (χ0n) is 9.41. The average Bonchev–Trinajstić information content (AvgIpc) is 2.39. The van der Waals surface area contributed by atoms with Crippen LogP contribution in [-0.2, 0) is 11.4 Å². The van der Waals surface area contributed by atoms with Crippen molar-refractivity contribution in [2.24, 2.45) is 0 Å². The normalized spacial score (nSPS) is 20.1. The molecule has 0 amide bonds. The molecule has 0 spiro atoms. The topological polar surface area (TPSA) is 63.6 Å². The molecule has 92 valence electrons. The van der Waals surface area contributed by atoms with Gasteiger partial charge in [-0.1, -0.05) is 0 Å². The highest BCUT2D eigenvalue weighted by atomic mass is 32.2. The third-order valence-corrected chi connectivity index (χ3v) is 4.39. The van der Waals surface area contributed by atoms with Crippen molar-refractivity contribution >= 4 is 17.6 Å². The largest absolute Gasteiger partial charge is 0.593 e. The molecule has 0 bridgehead atoms. The van der Waals surface area contributed by atoms with Gasteiger partial charge in [0.25, 0.3) is 0 Å². The summed E-state index contributed by atoms with van der Waals surface area (Å²) in [6.07, 6.45) is 1.83. The lowest BCUT2D eigenvalue weighted by Gasteiger charge is -2.29. The van der Waals surface area contributed by atoms with Crippen LogP contribution in [-0.4, -0.2) is 39.4 Å². The summed E-state index contributed by atoms with van der Waals surface area (Å²) in [5.41, 5.74) is 0.583. The summed E-state index contributed by atoms with van der Waals surface area (Å²) in [7, 11) is 0. The van der Waals surface area contributed by atoms with Gasteiger partial charge < -0.3 is 9.66 Å². The standard InChI is InChI=1S/C12H15NO3S/c14-9-10-1-3-12(4-2-10)17(16)13-7-5-11(15)6-8-13/h1-4,9,11,15H,5-8H2. The molecule has 2 rings (SSSR count). The van der Waals surface area contributed by atoms with Crippen LogP contribution in [0.25, 0.3) is 0 Å². The predicted octanol–water partition coefficient (Wildman–Crippen LogP) is 0.978. The highest BCUT2D eigenvalue weighted by Gasteiger charge is 2.27. The fraction of sp³-hybridized carbons (Fsp3) is 0.417. The zero-order valence-corrected chi connectivity index (χ0v) is 10.2. The van der Waals surface area contributed by atoms with Crippen LogP contribution in [0.5, 0.6) is 0 Å². The molecule has 1 fully saturated rings. The SMILES string of the molecule is O=Cc1ccc([S+]([O-])N2CCC(O)CC2)cc1. The van der Waals surface area contributed by atoms with Crippen molar-refractivity contribution in [3.05, 3.63) is 29.8 Å². The van der Waals surface area contributed by atoms with Gasteiger partial charge in [-0.05, 0) is 37.1 Å². The number of hydrogen-bond donors (Lipinski definition) is 1. The van der Waals surface area contributed by atoms with E-state index in [0.29, 0.717) is 36.4 Å². The lowest BCUT2D eigenvalue weighted by Crippen LogP contribution is -2.39. The van der Waals surface area contributed by atoms with E-state index >= 15 is 0 Å². The molecule has 0 aromatic heterocycles. The van der Waals surface area contributed by atoms with Gasteiger partial charge in [-0.2, -0.15) is 0 Å². The van der Waals surface area contributed by atoms with Crippen LogP contribution in [0.2, 0.25) is 0 Å². The highest BCUT2D eigenvalue weighted by Crippen LogP contribution is 2.20. The van der Waals surface area contributed by atoms with Crippen molar-refractivity contribution in [1.82, 2.24) is 4.31 Å². The van der Waals surface area contributed by atoms with Gasteiger partial charge in [0.2, 0.25) is 0 Å². The summed E-state index contributed by atoms with van der Waals surface area (Å²) >= 11 is -1.19. The zero-order chi connectivity index (χ0) is 12.3. The Kier molecular flexibility index (Phi) is 4.17. The second-order valence-corrected chi connectivity index (χ2v) is 5.58. The molecule has 1 aliphatic rings. The van der Waals surface area contributed by atoms with Crippen LogP contribution in [0.3, 0.4) is 0 Å². The van der Waals surface area contributed by atoms with Crippen molar-refractivity contribution in [2.75, 3.05) is 13.1 Å². The smallest absolute Gasteiger partial charge is 0.174 e. The fourth-order valence-corrected chi connectivity index (χ4v) is 3.03. The molecule has 1 atom stereocenters. The number of nitrogens with zero attached hydrogens (tertiary/aromatic N) is 1. The molecule has 1 aliphatic heterocycles. The third kappa shape index (κ3) is 3.07. The van der Waals surface area contributed by atoms with E-state index in [1.807, 2.05) is 4.31 Å². The lowest BCUT2D eigenvalue weighted by molar-refractivity contribution is 0.111. The Morgan fingerprint density at radius 2 is 1.88 bits per heavy atom. The minimum atomic E-state index is -1.19. The summed E-state index contributed by atoms with van der Waals surface area (Å²) in [6, 6.07) is 6.76. The predicted molar refractivity (Wildman–Crippen MR) is 65.1 cm³/mol. The molecule has 1 saturated heterocycles. The van der Waals surface area contributed by atoms with Gasteiger partial charge in [0.05, 0.1) is 17.5 Å². The van der Waals surface area contributed by atoms with Crippen LogP contribution in [0.1, 0.15) is 23.2 Å². The first-order chi connectivity index (χ1) is 8.20. The number of carbonyl (C=O) groups excluding carboxylic acids is 1. The second-order valence-electron chi connectivity index (χ2n) is 4.10. The first-order valence-electron chi connectivity index (χ1n) is 5.61. The summed E-state index contributed by atoms with van der Waals surface area (Å²) in [5, 5.41) is 9.38. The molecular weight excluding hydrogens is 238 g/mol. The number of benzene rings is 1. The van der Waals surface area contributed by atoms with E-state index < -0.39 is 11.4 Å². The number of hydrogen-bond acceptors (Lipinski definition) is 4. The maximum atomic E-state index is 12.2. The van der Waals surface area contributed by atoms with Gasteiger partial charge >= 0.3 is 0 Å². The van der Waals surface area contributed by atoms with E-state index in [2.05, 4.69) is 0 Å². The number of rotatable bonds is 3. The number of aliphatic hydroxyl groups is 1. The van der Waals surface area contributed by atoms with Crippen LogP contribution in [0, 0.1) is 0 Å². The van der Waals surface area contributed by atoms with Gasteiger partial charge in [0.15, 0.2) is 4.90 Å². The molecular formula is C12H15NO3S. The molecule has 5 heteroatoms. The van der Waals surface area contributed by atoms with Gasteiger partial charge in [0, 0.05) is 18.7 Å². The van der Waals surface area contributed by atoms with E-state index in [1.54, 1.807) is 24.3 Å². The van der Waals surface area contributed by atoms with E-state index in [0.717, 1.165) is 6.29 Å². The average molecular weight is 253 g/mol. The Morgan fingerprint density at radius 1 is 1.29 bits per heavy atom. The van der Waals surface area contributed by atoms with E-state index in [1.165, 1.54) is 0 Å². The number of aliphatic hydroxyl groups excluding tert-OH is 1. The Hall–Kier alpha value is -0.880. The Bertz CT molecular complexity index is 374. The molecule has 4 nitrogen and oxygen atoms in total. The van der Waals surface area contributed by atoms with Crippen molar-refractivity contribution in [1.29, 1.82) is 0 Å². The van der Waals surface area contributed by atoms with Crippen LogP contribution in [0.4, 0.5) is 0 Å². The Morgan fingerprint density at radius 3 is 2.41 bits per heavy atom. The summed E-state index contributed by atoms with van der Waals surface area (Å²) in [4.78, 5) is 11.2. The summed E-state index contributed by atoms with van der Waals surface area (Å²) < 4.78 is 14.0. The molecule has 0 aliphatic carbocycles. The van der Waals surface area contributed by atoms with Crippen molar-refractivity contribution < 1.29 is 14.5 Å². The minimum absolute atomic E-state index is 0.263. The summed E-state index contributed by atoms with van der Waals surface area (Å²) in [6.45, 7) is 1.28. The Labute approximate surface area is 104 Å². The number of carbonyl (C=O) groups is 1. The minimum Gasteiger partial charge on any atom is -0.593 e. The molecule has 1 heterocycles. The molecule has 1 aromatic carbocycles. The van der Waals surface area contributed by atoms with Crippen LogP contribution >= 0.6 is 0 Å². The molecule has 17 heavy (non-hydrogen) atoms. The van der Waals surface area contributed by atoms with Crippen molar-refractivity contribution in [3.8, 4) is 0 Å². The van der Waals surface area contributed by atoms with Crippen LogP contribution in [0.15, 0.2) is 29.2 Å². The maximum Gasteiger partial charge on any atom is 0.174 e. The first-order valence-corrected chi connectivity index (χ1v) is 6.71. The van der Waals surface area contributed by atoms with Crippen molar-refractivity contribution in [2.45, 2.75) is 23.8 Å².